The van der Waals surface area contributed by atoms with E-state index in [-0.39, 0.29) is 17.4 Å². The van der Waals surface area contributed by atoms with Gasteiger partial charge in [-0.2, -0.15) is 5.10 Å². The van der Waals surface area contributed by atoms with Crippen molar-refractivity contribution in [2.24, 2.45) is 13.0 Å². The summed E-state index contributed by atoms with van der Waals surface area (Å²) >= 11 is 0. The van der Waals surface area contributed by atoms with Gasteiger partial charge in [-0.05, 0) is 39.0 Å². The van der Waals surface area contributed by atoms with Gasteiger partial charge >= 0.3 is 0 Å². The molecular formula is C24H41N5O2. The predicted octanol–water partition coefficient (Wildman–Crippen LogP) is 3.05. The number of nitrogens with one attached hydrogen (secondary N) is 1. The number of hydrogen-bond acceptors (Lipinski definition) is 4. The van der Waals surface area contributed by atoms with Crippen LogP contribution in [0.25, 0.3) is 0 Å². The van der Waals surface area contributed by atoms with Crippen LogP contribution in [0.5, 0.6) is 0 Å². The molecule has 0 radical (unpaired) electrons. The standard InChI is InChI=1S/C24H41N5O2/c1-18(2)17-29-14-9-13-28(23(31)22-19(3)26-27(5)20(22)4)15-12-25-21(30)16-24(29)10-7-6-8-11-24/h18H,6-17H2,1-5H3,(H,25,30). The van der Waals surface area contributed by atoms with Crippen molar-refractivity contribution in [1.82, 2.24) is 24.9 Å². The fourth-order valence-corrected chi connectivity index (χ4v) is 5.48. The highest BCUT2D eigenvalue weighted by atomic mass is 16.2. The summed E-state index contributed by atoms with van der Waals surface area (Å²) in [5.41, 5.74) is 2.34. The van der Waals surface area contributed by atoms with Crippen molar-refractivity contribution < 1.29 is 9.59 Å². The quantitative estimate of drug-likeness (QED) is 0.799. The van der Waals surface area contributed by atoms with Crippen molar-refractivity contribution in [2.45, 2.75) is 78.2 Å². The number of nitrogens with zero attached hydrogens (tertiary/aromatic N) is 4. The van der Waals surface area contributed by atoms with Crippen LogP contribution < -0.4 is 5.32 Å². The molecule has 0 unspecified atom stereocenters. The van der Waals surface area contributed by atoms with Crippen molar-refractivity contribution in [3.05, 3.63) is 17.0 Å². The molecule has 7 nitrogen and oxygen atoms in total. The second-order valence-corrected chi connectivity index (χ2v) is 9.97. The molecule has 174 valence electrons. The molecule has 1 spiro atoms. The van der Waals surface area contributed by atoms with Crippen molar-refractivity contribution in [3.8, 4) is 0 Å². The summed E-state index contributed by atoms with van der Waals surface area (Å²) in [4.78, 5) is 30.8. The van der Waals surface area contributed by atoms with Crippen LogP contribution in [0.15, 0.2) is 0 Å². The first-order valence-electron chi connectivity index (χ1n) is 12.0. The summed E-state index contributed by atoms with van der Waals surface area (Å²) in [6.07, 6.45) is 7.37. The summed E-state index contributed by atoms with van der Waals surface area (Å²) in [6, 6.07) is 0. The molecule has 1 N–H and O–H groups in total. The first kappa shape index (κ1) is 23.8. The lowest BCUT2D eigenvalue weighted by Crippen LogP contribution is -2.54. The number of hydrogen-bond donors (Lipinski definition) is 1. The zero-order valence-electron chi connectivity index (χ0n) is 20.2. The summed E-state index contributed by atoms with van der Waals surface area (Å²) in [7, 11) is 1.87. The Labute approximate surface area is 187 Å². The first-order valence-corrected chi connectivity index (χ1v) is 12.0. The molecule has 3 rings (SSSR count). The number of amides is 2. The molecule has 7 heteroatoms. The highest BCUT2D eigenvalue weighted by Crippen LogP contribution is 2.37. The normalized spacial score (nSPS) is 21.2. The summed E-state index contributed by atoms with van der Waals surface area (Å²) in [6.45, 7) is 12.0. The molecular weight excluding hydrogens is 390 g/mol. The lowest BCUT2D eigenvalue weighted by Gasteiger charge is -2.47. The van der Waals surface area contributed by atoms with Crippen LogP contribution in [0.1, 0.15) is 80.5 Å². The van der Waals surface area contributed by atoms with Gasteiger partial charge in [-0.15, -0.1) is 0 Å². The summed E-state index contributed by atoms with van der Waals surface area (Å²) in [5, 5.41) is 7.54. The van der Waals surface area contributed by atoms with E-state index in [4.69, 9.17) is 0 Å². The largest absolute Gasteiger partial charge is 0.354 e. The molecule has 2 aliphatic rings. The highest BCUT2D eigenvalue weighted by Gasteiger charge is 2.40. The molecule has 1 aliphatic carbocycles. The number of rotatable bonds is 3. The molecule has 2 fully saturated rings. The van der Waals surface area contributed by atoms with Crippen LogP contribution >= 0.6 is 0 Å². The van der Waals surface area contributed by atoms with E-state index in [0.717, 1.165) is 43.7 Å². The molecule has 0 bridgehead atoms. The maximum absolute atomic E-state index is 13.4. The molecule has 2 amide bonds. The van der Waals surface area contributed by atoms with E-state index in [9.17, 15) is 9.59 Å². The zero-order valence-corrected chi connectivity index (χ0v) is 20.2. The van der Waals surface area contributed by atoms with Gasteiger partial charge < -0.3 is 10.2 Å². The van der Waals surface area contributed by atoms with E-state index in [1.54, 1.807) is 4.68 Å². The Morgan fingerprint density at radius 2 is 1.81 bits per heavy atom. The van der Waals surface area contributed by atoms with Gasteiger partial charge in [0.05, 0.1) is 11.3 Å². The average molecular weight is 432 g/mol. The van der Waals surface area contributed by atoms with Gasteiger partial charge in [-0.1, -0.05) is 33.1 Å². The Hall–Kier alpha value is -1.89. The highest BCUT2D eigenvalue weighted by molar-refractivity contribution is 5.96. The minimum absolute atomic E-state index is 0.0255. The van der Waals surface area contributed by atoms with E-state index in [2.05, 4.69) is 29.2 Å². The van der Waals surface area contributed by atoms with Gasteiger partial charge in [-0.3, -0.25) is 19.2 Å². The third-order valence-electron chi connectivity index (χ3n) is 7.10. The topological polar surface area (TPSA) is 70.5 Å². The van der Waals surface area contributed by atoms with Crippen LogP contribution in [0.3, 0.4) is 0 Å². The Balaban J connectivity index is 1.82. The lowest BCUT2D eigenvalue weighted by atomic mass is 9.77. The van der Waals surface area contributed by atoms with E-state index < -0.39 is 0 Å². The van der Waals surface area contributed by atoms with Gasteiger partial charge in [0.1, 0.15) is 0 Å². The van der Waals surface area contributed by atoms with Gasteiger partial charge in [0.25, 0.3) is 5.91 Å². The lowest BCUT2D eigenvalue weighted by molar-refractivity contribution is -0.125. The molecule has 1 aromatic heterocycles. The third kappa shape index (κ3) is 5.48. The molecule has 1 saturated heterocycles. The van der Waals surface area contributed by atoms with Crippen molar-refractivity contribution >= 4 is 11.8 Å². The average Bonchev–Trinajstić information content (AvgIpc) is 2.95. The molecule has 1 aliphatic heterocycles. The van der Waals surface area contributed by atoms with Crippen molar-refractivity contribution in [1.29, 1.82) is 0 Å². The van der Waals surface area contributed by atoms with Gasteiger partial charge in [0.15, 0.2) is 0 Å². The maximum Gasteiger partial charge on any atom is 0.257 e. The third-order valence-corrected chi connectivity index (χ3v) is 7.10. The van der Waals surface area contributed by atoms with Crippen LogP contribution in [0.2, 0.25) is 0 Å². The number of aryl methyl sites for hydroxylation is 2. The Kier molecular flexibility index (Phi) is 7.78. The van der Waals surface area contributed by atoms with Gasteiger partial charge in [-0.25, -0.2) is 0 Å². The molecule has 1 saturated carbocycles. The molecule has 31 heavy (non-hydrogen) atoms. The van der Waals surface area contributed by atoms with Gasteiger partial charge in [0.2, 0.25) is 5.91 Å². The maximum atomic E-state index is 13.4. The Morgan fingerprint density at radius 3 is 2.42 bits per heavy atom. The second-order valence-electron chi connectivity index (χ2n) is 9.97. The summed E-state index contributed by atoms with van der Waals surface area (Å²) in [5.74, 6) is 0.698. The van der Waals surface area contributed by atoms with E-state index >= 15 is 0 Å². The SMILES string of the molecule is Cc1nn(C)c(C)c1C(=O)N1CCCN(CC(C)C)C2(CCCCC2)CC(=O)NCC1. The number of carbonyl (C=O) groups is 2. The van der Waals surface area contributed by atoms with Crippen LogP contribution in [-0.2, 0) is 11.8 Å². The molecule has 2 heterocycles. The van der Waals surface area contributed by atoms with Crippen molar-refractivity contribution in [3.63, 3.8) is 0 Å². The van der Waals surface area contributed by atoms with Crippen LogP contribution in [0.4, 0.5) is 0 Å². The van der Waals surface area contributed by atoms with E-state index in [0.29, 0.717) is 37.5 Å². The van der Waals surface area contributed by atoms with Crippen LogP contribution in [0, 0.1) is 19.8 Å². The van der Waals surface area contributed by atoms with Crippen molar-refractivity contribution in [2.75, 3.05) is 32.7 Å². The fraction of sp³-hybridized carbons (Fsp3) is 0.792. The van der Waals surface area contributed by atoms with E-state index in [1.807, 2.05) is 25.8 Å². The first-order chi connectivity index (χ1) is 14.7. The number of carbonyl (C=O) groups excluding carboxylic acids is 2. The number of aromatic nitrogens is 2. The molecule has 0 atom stereocenters. The smallest absolute Gasteiger partial charge is 0.257 e. The minimum atomic E-state index is -0.0255. The minimum Gasteiger partial charge on any atom is -0.354 e. The predicted molar refractivity (Wildman–Crippen MR) is 123 cm³/mol. The van der Waals surface area contributed by atoms with Gasteiger partial charge in [0, 0.05) is 57.4 Å². The van der Waals surface area contributed by atoms with E-state index in [1.165, 1.54) is 19.3 Å². The zero-order chi connectivity index (χ0) is 22.6. The van der Waals surface area contributed by atoms with Crippen LogP contribution in [-0.4, -0.2) is 69.7 Å². The second kappa shape index (κ2) is 10.2. The molecule has 0 aromatic carbocycles. The summed E-state index contributed by atoms with van der Waals surface area (Å²) < 4.78 is 1.77. The Bertz CT molecular complexity index is 779. The molecule has 1 aromatic rings. The Morgan fingerprint density at radius 1 is 1.10 bits per heavy atom. The fourth-order valence-electron chi connectivity index (χ4n) is 5.48. The monoisotopic (exact) mass is 431 g/mol.